The first-order valence-corrected chi connectivity index (χ1v) is 7.72. The molecular weight excluding hydrogens is 288 g/mol. The monoisotopic (exact) mass is 312 g/mol. The molecule has 1 aromatic heterocycles. The average molecular weight is 313 g/mol. The number of nitrogens with zero attached hydrogens (tertiary/aromatic N) is 1. The summed E-state index contributed by atoms with van der Waals surface area (Å²) in [6.07, 6.45) is 5.42. The molecule has 0 aliphatic carbocycles. The van der Waals surface area contributed by atoms with E-state index in [0.717, 1.165) is 29.9 Å². The molecule has 0 saturated carbocycles. The third-order valence-corrected chi connectivity index (χ3v) is 3.42. The van der Waals surface area contributed by atoms with Crippen LogP contribution in [0.4, 0.5) is 0 Å². The Morgan fingerprint density at radius 2 is 2.11 bits per heavy atom. The lowest BCUT2D eigenvalue weighted by Gasteiger charge is -2.19. The van der Waals surface area contributed by atoms with E-state index in [1.807, 2.05) is 6.20 Å². The van der Waals surface area contributed by atoms with Gasteiger partial charge in [0.1, 0.15) is 0 Å². The minimum Gasteiger partial charge on any atom is -0.316 e. The predicted octanol–water partition coefficient (Wildman–Crippen LogP) is 4.05. The minimum atomic E-state index is 0.685. The molecule has 0 amide bonds. The van der Waals surface area contributed by atoms with Crippen LogP contribution in [0.1, 0.15) is 39.3 Å². The zero-order chi connectivity index (χ0) is 13.4. The molecule has 0 bridgehead atoms. The smallest absolute Gasteiger partial charge is 0.0413 e. The Morgan fingerprint density at radius 3 is 2.67 bits per heavy atom. The van der Waals surface area contributed by atoms with Crippen LogP contribution in [0.3, 0.4) is 0 Å². The lowest BCUT2D eigenvalue weighted by atomic mass is 9.92. The molecule has 18 heavy (non-hydrogen) atoms. The van der Waals surface area contributed by atoms with Crippen molar-refractivity contribution in [3.8, 4) is 0 Å². The van der Waals surface area contributed by atoms with Crippen LogP contribution in [-0.4, -0.2) is 18.1 Å². The maximum Gasteiger partial charge on any atom is 0.0413 e. The van der Waals surface area contributed by atoms with Crippen molar-refractivity contribution < 1.29 is 0 Å². The van der Waals surface area contributed by atoms with Gasteiger partial charge in [-0.05, 0) is 72.3 Å². The number of halogens is 1. The first kappa shape index (κ1) is 15.6. The van der Waals surface area contributed by atoms with E-state index in [2.05, 4.69) is 59.1 Å². The number of hydrogen-bond donors (Lipinski definition) is 1. The summed E-state index contributed by atoms with van der Waals surface area (Å²) in [6, 6.07) is 4.20. The molecule has 0 aliphatic heterocycles. The van der Waals surface area contributed by atoms with Gasteiger partial charge in [-0.1, -0.05) is 20.8 Å². The summed E-state index contributed by atoms with van der Waals surface area (Å²) in [5, 5.41) is 3.54. The van der Waals surface area contributed by atoms with E-state index in [0.29, 0.717) is 5.92 Å². The Labute approximate surface area is 120 Å². The second kappa shape index (κ2) is 8.65. The Hall–Kier alpha value is -0.410. The largest absolute Gasteiger partial charge is 0.316 e. The number of pyridine rings is 1. The van der Waals surface area contributed by atoms with Crippen molar-refractivity contribution in [2.45, 2.75) is 40.0 Å². The number of hydrogen-bond acceptors (Lipinski definition) is 2. The summed E-state index contributed by atoms with van der Waals surface area (Å²) in [5.41, 5.74) is 1.20. The highest BCUT2D eigenvalue weighted by atomic mass is 79.9. The summed E-state index contributed by atoms with van der Waals surface area (Å²) in [4.78, 5) is 4.48. The minimum absolute atomic E-state index is 0.685. The lowest BCUT2D eigenvalue weighted by Crippen LogP contribution is -2.26. The van der Waals surface area contributed by atoms with E-state index in [4.69, 9.17) is 0 Å². The predicted molar refractivity (Wildman–Crippen MR) is 81.7 cm³/mol. The van der Waals surface area contributed by atoms with E-state index >= 15 is 0 Å². The number of aromatic nitrogens is 1. The molecule has 0 fully saturated rings. The second-order valence-corrected chi connectivity index (χ2v) is 6.29. The maximum absolute atomic E-state index is 4.48. The fourth-order valence-corrected chi connectivity index (χ4v) is 2.45. The molecule has 0 aromatic carbocycles. The zero-order valence-electron chi connectivity index (χ0n) is 11.7. The Morgan fingerprint density at radius 1 is 1.33 bits per heavy atom. The van der Waals surface area contributed by atoms with Crippen LogP contribution in [0.5, 0.6) is 0 Å². The molecule has 1 aromatic rings. The molecule has 0 aliphatic rings. The average Bonchev–Trinajstić information content (AvgIpc) is 2.31. The van der Waals surface area contributed by atoms with E-state index < -0.39 is 0 Å². The molecule has 0 spiro atoms. The maximum atomic E-state index is 4.48. The molecule has 1 rings (SSSR count). The van der Waals surface area contributed by atoms with Crippen molar-refractivity contribution >= 4 is 15.9 Å². The summed E-state index contributed by atoms with van der Waals surface area (Å²) in [7, 11) is 0. The standard InChI is InChI=1S/C15H25BrN2/c1-4-7-17-10-13(8-12(2)3)9-15-6-5-14(16)11-18-15/h5-6,11-13,17H,4,7-10H2,1-3H3. The first-order valence-electron chi connectivity index (χ1n) is 6.93. The SMILES string of the molecule is CCCNCC(Cc1ccc(Br)cn1)CC(C)C. The molecule has 1 N–H and O–H groups in total. The van der Waals surface area contributed by atoms with E-state index in [9.17, 15) is 0 Å². The van der Waals surface area contributed by atoms with Crippen LogP contribution in [0.2, 0.25) is 0 Å². The van der Waals surface area contributed by atoms with Gasteiger partial charge in [-0.2, -0.15) is 0 Å². The van der Waals surface area contributed by atoms with Gasteiger partial charge in [0.2, 0.25) is 0 Å². The molecule has 0 saturated heterocycles. The third-order valence-electron chi connectivity index (χ3n) is 2.95. The van der Waals surface area contributed by atoms with Crippen LogP contribution in [0.15, 0.2) is 22.8 Å². The lowest BCUT2D eigenvalue weighted by molar-refractivity contribution is 0.383. The van der Waals surface area contributed by atoms with Crippen LogP contribution in [0.25, 0.3) is 0 Å². The topological polar surface area (TPSA) is 24.9 Å². The zero-order valence-corrected chi connectivity index (χ0v) is 13.3. The van der Waals surface area contributed by atoms with Crippen molar-refractivity contribution in [3.05, 3.63) is 28.5 Å². The van der Waals surface area contributed by atoms with Crippen molar-refractivity contribution in [3.63, 3.8) is 0 Å². The summed E-state index contributed by atoms with van der Waals surface area (Å²) >= 11 is 3.43. The van der Waals surface area contributed by atoms with Crippen LogP contribution >= 0.6 is 15.9 Å². The quantitative estimate of drug-likeness (QED) is 0.732. The van der Waals surface area contributed by atoms with Crippen molar-refractivity contribution in [2.75, 3.05) is 13.1 Å². The summed E-state index contributed by atoms with van der Waals surface area (Å²) < 4.78 is 1.05. The van der Waals surface area contributed by atoms with Gasteiger partial charge in [0.05, 0.1) is 0 Å². The van der Waals surface area contributed by atoms with Gasteiger partial charge < -0.3 is 5.32 Å². The molecule has 2 nitrogen and oxygen atoms in total. The number of nitrogens with one attached hydrogen (secondary N) is 1. The molecule has 102 valence electrons. The second-order valence-electron chi connectivity index (χ2n) is 5.37. The Kier molecular flexibility index (Phi) is 7.52. The van der Waals surface area contributed by atoms with Crippen molar-refractivity contribution in [1.82, 2.24) is 10.3 Å². The van der Waals surface area contributed by atoms with Gasteiger partial charge in [-0.3, -0.25) is 4.98 Å². The summed E-state index contributed by atoms with van der Waals surface area (Å²) in [5.74, 6) is 1.43. The van der Waals surface area contributed by atoms with E-state index in [1.54, 1.807) is 0 Å². The number of rotatable bonds is 8. The molecule has 1 atom stereocenters. The third kappa shape index (κ3) is 6.50. The highest BCUT2D eigenvalue weighted by molar-refractivity contribution is 9.10. The van der Waals surface area contributed by atoms with Crippen LogP contribution in [-0.2, 0) is 6.42 Å². The van der Waals surface area contributed by atoms with E-state index in [1.165, 1.54) is 18.5 Å². The molecule has 3 heteroatoms. The normalized spacial score (nSPS) is 12.9. The Balaban J connectivity index is 2.51. The summed E-state index contributed by atoms with van der Waals surface area (Å²) in [6.45, 7) is 9.01. The van der Waals surface area contributed by atoms with E-state index in [-0.39, 0.29) is 0 Å². The van der Waals surface area contributed by atoms with Gasteiger partial charge in [0.25, 0.3) is 0 Å². The van der Waals surface area contributed by atoms with Gasteiger partial charge in [-0.25, -0.2) is 0 Å². The Bertz CT molecular complexity index is 322. The van der Waals surface area contributed by atoms with Gasteiger partial charge >= 0.3 is 0 Å². The first-order chi connectivity index (χ1) is 8.61. The van der Waals surface area contributed by atoms with Gasteiger partial charge in [-0.15, -0.1) is 0 Å². The highest BCUT2D eigenvalue weighted by Crippen LogP contribution is 2.17. The highest BCUT2D eigenvalue weighted by Gasteiger charge is 2.12. The molecule has 0 radical (unpaired) electrons. The van der Waals surface area contributed by atoms with Crippen LogP contribution < -0.4 is 5.32 Å². The van der Waals surface area contributed by atoms with Crippen molar-refractivity contribution in [1.29, 1.82) is 0 Å². The molecule has 1 heterocycles. The molecule has 1 unspecified atom stereocenters. The van der Waals surface area contributed by atoms with Crippen molar-refractivity contribution in [2.24, 2.45) is 11.8 Å². The molecular formula is C15H25BrN2. The van der Waals surface area contributed by atoms with Crippen LogP contribution in [0, 0.1) is 11.8 Å². The van der Waals surface area contributed by atoms with Gasteiger partial charge in [0, 0.05) is 16.4 Å². The fourth-order valence-electron chi connectivity index (χ4n) is 2.21. The fraction of sp³-hybridized carbons (Fsp3) is 0.667. The van der Waals surface area contributed by atoms with Gasteiger partial charge in [0.15, 0.2) is 0 Å².